The van der Waals surface area contributed by atoms with E-state index in [4.69, 9.17) is 5.11 Å². The topological polar surface area (TPSA) is 58.9 Å². The molecule has 0 bridgehead atoms. The van der Waals surface area contributed by atoms with Crippen LogP contribution in [0.25, 0.3) is 21.5 Å². The molecule has 136 valence electrons. The Morgan fingerprint density at radius 1 is 0.926 bits per heavy atom. The number of carbonyl (C=O) groups is 1. The number of hydrogen-bond acceptors (Lipinski definition) is 3. The molecule has 1 heterocycles. The Morgan fingerprint density at radius 2 is 1.74 bits per heavy atom. The largest absolute Gasteiger partial charge is 0.479 e. The third-order valence-electron chi connectivity index (χ3n) is 5.11. The Bertz CT molecular complexity index is 1070. The van der Waals surface area contributed by atoms with Gasteiger partial charge < -0.3 is 9.84 Å². The van der Waals surface area contributed by atoms with Crippen molar-refractivity contribution in [2.75, 3.05) is 6.73 Å². The Hall–Kier alpha value is -3.14. The van der Waals surface area contributed by atoms with Crippen LogP contribution in [-0.2, 0) is 22.4 Å². The summed E-state index contributed by atoms with van der Waals surface area (Å²) in [6, 6.07) is 18.0. The van der Waals surface area contributed by atoms with E-state index in [9.17, 15) is 4.79 Å². The molecule has 0 spiro atoms. The first kappa shape index (κ1) is 17.3. The maximum absolute atomic E-state index is 10.1. The fraction of sp³-hybridized carbons (Fsp3) is 0.217. The number of benzene rings is 3. The summed E-state index contributed by atoms with van der Waals surface area (Å²) in [4.78, 5) is 13.7. The zero-order valence-electron chi connectivity index (χ0n) is 15.0. The van der Waals surface area contributed by atoms with E-state index in [1.54, 1.807) is 11.1 Å². The highest BCUT2D eigenvalue weighted by molar-refractivity contribution is 6.40. The molecule has 0 fully saturated rings. The second-order valence-electron chi connectivity index (χ2n) is 6.74. The summed E-state index contributed by atoms with van der Waals surface area (Å²) in [5.41, 5.74) is 3.22. The lowest BCUT2D eigenvalue weighted by atomic mass is 9.86. The average molecular weight is 359 g/mol. The Kier molecular flexibility index (Phi) is 4.88. The van der Waals surface area contributed by atoms with Gasteiger partial charge in [-0.1, -0.05) is 48.5 Å². The lowest BCUT2D eigenvalue weighted by Gasteiger charge is -2.18. The molecule has 0 radical (unpaired) electrons. The third-order valence-corrected chi connectivity index (χ3v) is 5.11. The van der Waals surface area contributed by atoms with Gasteiger partial charge in [-0.2, -0.15) is 0 Å². The van der Waals surface area contributed by atoms with Gasteiger partial charge in [0.15, 0.2) is 6.73 Å². The van der Waals surface area contributed by atoms with Crippen molar-refractivity contribution in [3.8, 4) is 0 Å². The van der Waals surface area contributed by atoms with Gasteiger partial charge in [-0.3, -0.25) is 0 Å². The van der Waals surface area contributed by atoms with Gasteiger partial charge in [-0.05, 0) is 58.4 Å². The van der Waals surface area contributed by atoms with Crippen LogP contribution in [0.15, 0.2) is 65.9 Å². The van der Waals surface area contributed by atoms with Crippen LogP contribution >= 0.6 is 0 Å². The van der Waals surface area contributed by atoms with E-state index in [1.165, 1.54) is 59.6 Å². The zero-order valence-corrected chi connectivity index (χ0v) is 15.0. The van der Waals surface area contributed by atoms with Crippen molar-refractivity contribution >= 4 is 33.2 Å². The molecular weight excluding hydrogens is 338 g/mol. The van der Waals surface area contributed by atoms with Crippen molar-refractivity contribution in [3.63, 3.8) is 0 Å². The van der Waals surface area contributed by atoms with E-state index >= 15 is 0 Å². The summed E-state index contributed by atoms with van der Waals surface area (Å²) in [5, 5.41) is 13.9. The number of carboxylic acids is 1. The van der Waals surface area contributed by atoms with Gasteiger partial charge in [0.2, 0.25) is 0 Å². The van der Waals surface area contributed by atoms with Gasteiger partial charge in [0.25, 0.3) is 0 Å². The Labute approximate surface area is 157 Å². The van der Waals surface area contributed by atoms with E-state index < -0.39 is 5.97 Å². The molecule has 5 rings (SSSR count). The fourth-order valence-electron chi connectivity index (χ4n) is 3.80. The molecule has 1 aliphatic heterocycles. The normalized spacial score (nSPS) is 15.3. The number of ether oxygens (including phenoxy) is 1. The summed E-state index contributed by atoms with van der Waals surface area (Å²) in [6.07, 6.45) is 7.84. The van der Waals surface area contributed by atoms with Crippen LogP contribution in [0.3, 0.4) is 0 Å². The molecule has 2 aliphatic rings. The minimum absolute atomic E-state index is 0.0428. The first-order valence-electron chi connectivity index (χ1n) is 9.22. The summed E-state index contributed by atoms with van der Waals surface area (Å²) >= 11 is 0. The van der Waals surface area contributed by atoms with Crippen LogP contribution in [0.4, 0.5) is 0 Å². The smallest absolute Gasteiger partial charge is 0.354 e. The van der Waals surface area contributed by atoms with Crippen LogP contribution in [0.5, 0.6) is 0 Å². The molecule has 1 N–H and O–H groups in total. The Morgan fingerprint density at radius 3 is 2.52 bits per heavy atom. The van der Waals surface area contributed by atoms with Gasteiger partial charge in [0, 0.05) is 6.08 Å². The molecular formula is C23H21NO3. The maximum atomic E-state index is 10.1. The number of nitrogens with zero attached hydrogens (tertiary/aromatic N) is 1. The van der Waals surface area contributed by atoms with E-state index in [0.717, 1.165) is 0 Å². The van der Waals surface area contributed by atoms with Gasteiger partial charge in [-0.25, -0.2) is 9.79 Å². The molecule has 4 nitrogen and oxygen atoms in total. The molecule has 0 amide bonds. The summed E-state index contributed by atoms with van der Waals surface area (Å²) < 4.78 is 4.62. The van der Waals surface area contributed by atoms with Crippen LogP contribution in [0.2, 0.25) is 0 Å². The van der Waals surface area contributed by atoms with Crippen LogP contribution in [0.1, 0.15) is 24.0 Å². The molecule has 0 saturated carbocycles. The number of fused-ring (bicyclic) bond motifs is 5. The highest BCUT2D eigenvalue weighted by Gasteiger charge is 2.13. The Balaban J connectivity index is 0.000000170. The van der Waals surface area contributed by atoms with Crippen molar-refractivity contribution in [2.45, 2.75) is 25.7 Å². The molecule has 27 heavy (non-hydrogen) atoms. The lowest BCUT2D eigenvalue weighted by molar-refractivity contribution is -0.129. The predicted octanol–water partition coefficient (Wildman–Crippen LogP) is 4.89. The van der Waals surface area contributed by atoms with E-state index in [1.807, 2.05) is 0 Å². The zero-order chi connectivity index (χ0) is 18.6. The van der Waals surface area contributed by atoms with Crippen molar-refractivity contribution in [1.29, 1.82) is 0 Å². The molecule has 3 aromatic carbocycles. The van der Waals surface area contributed by atoms with Crippen LogP contribution in [0, 0.1) is 0 Å². The predicted molar refractivity (Wildman–Crippen MR) is 108 cm³/mol. The van der Waals surface area contributed by atoms with Gasteiger partial charge in [-0.15, -0.1) is 0 Å². The third kappa shape index (κ3) is 3.56. The van der Waals surface area contributed by atoms with Gasteiger partial charge in [0.1, 0.15) is 5.71 Å². The van der Waals surface area contributed by atoms with Crippen LogP contribution in [-0.4, -0.2) is 23.5 Å². The maximum Gasteiger partial charge on any atom is 0.354 e. The quantitative estimate of drug-likeness (QED) is 0.630. The molecule has 0 aromatic heterocycles. The van der Waals surface area contributed by atoms with E-state index in [2.05, 4.69) is 58.3 Å². The number of aliphatic carboxylic acids is 1. The molecule has 0 unspecified atom stereocenters. The standard InChI is InChI=1S/C18H16.C5H5NO3/c1-3-7-15-13(5-1)9-11-18-16-8-4-2-6-14(16)10-12-17(15)18;7-5(8)4-1-2-9-3-6-4/h1,3,5,7,9-12H,2,4,6,8H2;1-2H,3H2,(H,7,8). The molecule has 1 aliphatic carbocycles. The average Bonchev–Trinajstić information content (AvgIpc) is 2.74. The summed E-state index contributed by atoms with van der Waals surface area (Å²) in [7, 11) is 0. The number of rotatable bonds is 1. The second kappa shape index (κ2) is 7.62. The summed E-state index contributed by atoms with van der Waals surface area (Å²) in [5.74, 6) is -1.02. The molecule has 3 aromatic rings. The number of hydrogen-bond donors (Lipinski definition) is 1. The van der Waals surface area contributed by atoms with E-state index in [-0.39, 0.29) is 12.4 Å². The van der Waals surface area contributed by atoms with Crippen molar-refractivity contribution in [1.82, 2.24) is 0 Å². The minimum Gasteiger partial charge on any atom is -0.479 e. The molecule has 0 atom stereocenters. The molecule has 0 saturated heterocycles. The highest BCUT2D eigenvalue weighted by atomic mass is 16.5. The monoisotopic (exact) mass is 359 g/mol. The van der Waals surface area contributed by atoms with E-state index in [0.29, 0.717) is 0 Å². The first-order valence-corrected chi connectivity index (χ1v) is 9.22. The van der Waals surface area contributed by atoms with Crippen molar-refractivity contribution in [2.24, 2.45) is 4.99 Å². The first-order chi connectivity index (χ1) is 13.2. The fourth-order valence-corrected chi connectivity index (χ4v) is 3.80. The van der Waals surface area contributed by atoms with Crippen LogP contribution < -0.4 is 0 Å². The van der Waals surface area contributed by atoms with Crippen molar-refractivity contribution < 1.29 is 14.6 Å². The number of aryl methyl sites for hydroxylation is 2. The van der Waals surface area contributed by atoms with Gasteiger partial charge >= 0.3 is 5.97 Å². The highest BCUT2D eigenvalue weighted by Crippen LogP contribution is 2.33. The SMILES string of the molecule is O=C(O)C1=NCOC=C1.c1ccc2c(c1)ccc1c3c(ccc12)CCCC3. The number of aliphatic imine (C=N–C) groups is 1. The van der Waals surface area contributed by atoms with Crippen molar-refractivity contribution in [3.05, 3.63) is 72.0 Å². The summed E-state index contributed by atoms with van der Waals surface area (Å²) in [6.45, 7) is 0.109. The lowest BCUT2D eigenvalue weighted by Crippen LogP contribution is -2.13. The molecule has 4 heteroatoms. The minimum atomic E-state index is -1.02. The number of carboxylic acid groups (broad SMARTS) is 1. The second-order valence-corrected chi connectivity index (χ2v) is 6.74. The van der Waals surface area contributed by atoms with Gasteiger partial charge in [0.05, 0.1) is 6.26 Å².